The number of urea groups is 1. The number of nitrogens with zero attached hydrogens (tertiary/aromatic N) is 3. The lowest BCUT2D eigenvalue weighted by molar-refractivity contribution is -0.116. The number of amides is 3. The maximum atomic E-state index is 12.4. The molecule has 0 atom stereocenters. The third kappa shape index (κ3) is 3.48. The minimum atomic E-state index is -0.244. The van der Waals surface area contributed by atoms with Gasteiger partial charge < -0.3 is 10.2 Å². The Bertz CT molecular complexity index is 718. The van der Waals surface area contributed by atoms with Gasteiger partial charge in [-0.2, -0.15) is 0 Å². The van der Waals surface area contributed by atoms with Crippen LogP contribution in [-0.2, 0) is 4.79 Å². The summed E-state index contributed by atoms with van der Waals surface area (Å²) in [7, 11) is 0. The van der Waals surface area contributed by atoms with Crippen molar-refractivity contribution in [2.75, 3.05) is 29.9 Å². The summed E-state index contributed by atoms with van der Waals surface area (Å²) in [4.78, 5) is 32.0. The molecule has 0 spiro atoms. The van der Waals surface area contributed by atoms with Crippen LogP contribution in [0.25, 0.3) is 0 Å². The smallest absolute Gasteiger partial charge is 0.313 e. The lowest BCUT2D eigenvalue weighted by Crippen LogP contribution is -2.37. The first-order chi connectivity index (χ1) is 11.1. The largest absolute Gasteiger partial charge is 0.325 e. The van der Waals surface area contributed by atoms with Crippen LogP contribution in [0.4, 0.5) is 16.3 Å². The third-order valence-electron chi connectivity index (χ3n) is 3.65. The van der Waals surface area contributed by atoms with Crippen LogP contribution in [0.15, 0.2) is 48.5 Å². The molecule has 0 unspecified atom stereocenters. The van der Waals surface area contributed by atoms with Crippen molar-refractivity contribution in [3.8, 4) is 0 Å². The number of carbonyl (C=O) groups excluding carboxylic acids is 2. The summed E-state index contributed by atoms with van der Waals surface area (Å²) in [5.74, 6) is 0.257. The molecule has 0 saturated carbocycles. The molecular weight excluding hydrogens is 292 g/mol. The zero-order chi connectivity index (χ0) is 16.2. The second-order valence-electron chi connectivity index (χ2n) is 5.40. The highest BCUT2D eigenvalue weighted by atomic mass is 16.2. The Balaban J connectivity index is 1.60. The number of aromatic nitrogens is 1. The van der Waals surface area contributed by atoms with Gasteiger partial charge in [-0.05, 0) is 31.2 Å². The van der Waals surface area contributed by atoms with E-state index in [1.54, 1.807) is 11.0 Å². The van der Waals surface area contributed by atoms with E-state index in [1.165, 1.54) is 4.90 Å². The number of carbonyl (C=O) groups is 2. The molecule has 1 aliphatic heterocycles. The van der Waals surface area contributed by atoms with Gasteiger partial charge in [-0.25, -0.2) is 9.78 Å². The van der Waals surface area contributed by atoms with Crippen LogP contribution in [0.3, 0.4) is 0 Å². The number of hydrogen-bond donors (Lipinski definition) is 1. The monoisotopic (exact) mass is 310 g/mol. The minimum absolute atomic E-state index is 0.0256. The molecule has 1 fully saturated rings. The highest BCUT2D eigenvalue weighted by molar-refractivity contribution is 5.99. The van der Waals surface area contributed by atoms with Crippen LogP contribution in [0.5, 0.6) is 0 Å². The Hall–Kier alpha value is -2.89. The van der Waals surface area contributed by atoms with Gasteiger partial charge in [0.1, 0.15) is 12.4 Å². The normalized spacial score (nSPS) is 14.2. The first kappa shape index (κ1) is 15.0. The van der Waals surface area contributed by atoms with Crippen molar-refractivity contribution in [2.45, 2.75) is 6.92 Å². The van der Waals surface area contributed by atoms with E-state index in [0.29, 0.717) is 18.9 Å². The van der Waals surface area contributed by atoms with Crippen molar-refractivity contribution in [1.29, 1.82) is 0 Å². The highest BCUT2D eigenvalue weighted by Crippen LogP contribution is 2.19. The molecule has 118 valence electrons. The molecule has 1 N–H and O–H groups in total. The Morgan fingerprint density at radius 1 is 1.13 bits per heavy atom. The Labute approximate surface area is 134 Å². The van der Waals surface area contributed by atoms with Crippen molar-refractivity contribution in [3.63, 3.8) is 0 Å². The zero-order valence-electron chi connectivity index (χ0n) is 12.9. The van der Waals surface area contributed by atoms with E-state index in [0.717, 1.165) is 11.4 Å². The van der Waals surface area contributed by atoms with Gasteiger partial charge in [0.2, 0.25) is 5.91 Å². The van der Waals surface area contributed by atoms with E-state index in [9.17, 15) is 9.59 Å². The number of hydrogen-bond acceptors (Lipinski definition) is 3. The standard InChI is InChI=1S/C17H18N4O2/c1-13-6-5-9-15(18-13)19-16(22)12-20-10-11-21(17(20)23)14-7-3-2-4-8-14/h2-9H,10-12H2,1H3,(H,18,19,22). The average Bonchev–Trinajstić information content (AvgIpc) is 2.89. The Morgan fingerprint density at radius 2 is 1.91 bits per heavy atom. The SMILES string of the molecule is Cc1cccc(NC(=O)CN2CCN(c3ccccc3)C2=O)n1. The second kappa shape index (κ2) is 6.48. The van der Waals surface area contributed by atoms with Gasteiger partial charge in [0, 0.05) is 24.5 Å². The molecule has 0 radical (unpaired) electrons. The molecule has 0 aliphatic carbocycles. The van der Waals surface area contributed by atoms with E-state index in [2.05, 4.69) is 10.3 Å². The lowest BCUT2D eigenvalue weighted by Gasteiger charge is -2.18. The molecule has 1 aromatic carbocycles. The van der Waals surface area contributed by atoms with Crippen LogP contribution >= 0.6 is 0 Å². The maximum Gasteiger partial charge on any atom is 0.325 e. The molecule has 2 heterocycles. The molecule has 1 aliphatic rings. The van der Waals surface area contributed by atoms with E-state index in [-0.39, 0.29) is 18.5 Å². The number of benzene rings is 1. The van der Waals surface area contributed by atoms with E-state index < -0.39 is 0 Å². The molecule has 3 rings (SSSR count). The molecule has 0 bridgehead atoms. The maximum absolute atomic E-state index is 12.4. The molecule has 1 aromatic heterocycles. The fraction of sp³-hybridized carbons (Fsp3) is 0.235. The lowest BCUT2D eigenvalue weighted by atomic mass is 10.3. The quantitative estimate of drug-likeness (QED) is 0.942. The molecule has 6 nitrogen and oxygen atoms in total. The van der Waals surface area contributed by atoms with Gasteiger partial charge >= 0.3 is 6.03 Å². The van der Waals surface area contributed by atoms with E-state index >= 15 is 0 Å². The Kier molecular flexibility index (Phi) is 4.23. The number of pyridine rings is 1. The second-order valence-corrected chi connectivity index (χ2v) is 5.40. The molecule has 6 heteroatoms. The number of nitrogens with one attached hydrogen (secondary N) is 1. The van der Waals surface area contributed by atoms with Crippen molar-refractivity contribution in [3.05, 3.63) is 54.2 Å². The van der Waals surface area contributed by atoms with Crippen LogP contribution in [-0.4, -0.2) is 41.5 Å². The van der Waals surface area contributed by atoms with E-state index in [1.807, 2.05) is 49.4 Å². The summed E-state index contributed by atoms with van der Waals surface area (Å²) in [6, 6.07) is 14.7. The van der Waals surface area contributed by atoms with Gasteiger partial charge in [-0.15, -0.1) is 0 Å². The van der Waals surface area contributed by atoms with Gasteiger partial charge in [-0.3, -0.25) is 9.69 Å². The Morgan fingerprint density at radius 3 is 2.65 bits per heavy atom. The van der Waals surface area contributed by atoms with Crippen LogP contribution in [0.2, 0.25) is 0 Å². The number of rotatable bonds is 4. The summed E-state index contributed by atoms with van der Waals surface area (Å²) < 4.78 is 0. The summed E-state index contributed by atoms with van der Waals surface area (Å²) in [6.07, 6.45) is 0. The minimum Gasteiger partial charge on any atom is -0.313 e. The first-order valence-corrected chi connectivity index (χ1v) is 7.48. The van der Waals surface area contributed by atoms with Gasteiger partial charge in [0.05, 0.1) is 0 Å². The van der Waals surface area contributed by atoms with Gasteiger partial charge in [-0.1, -0.05) is 24.3 Å². The molecule has 1 saturated heterocycles. The van der Waals surface area contributed by atoms with Gasteiger partial charge in [0.15, 0.2) is 0 Å². The number of para-hydroxylation sites is 1. The summed E-state index contributed by atoms with van der Waals surface area (Å²) in [5.41, 5.74) is 1.68. The molecule has 3 amide bonds. The van der Waals surface area contributed by atoms with E-state index in [4.69, 9.17) is 0 Å². The molecule has 2 aromatic rings. The first-order valence-electron chi connectivity index (χ1n) is 7.48. The predicted molar refractivity (Wildman–Crippen MR) is 88.4 cm³/mol. The fourth-order valence-electron chi connectivity index (χ4n) is 2.55. The third-order valence-corrected chi connectivity index (χ3v) is 3.65. The topological polar surface area (TPSA) is 65.5 Å². The van der Waals surface area contributed by atoms with Crippen LogP contribution in [0.1, 0.15) is 5.69 Å². The van der Waals surface area contributed by atoms with Crippen molar-refractivity contribution < 1.29 is 9.59 Å². The fourth-order valence-corrected chi connectivity index (χ4v) is 2.55. The zero-order valence-corrected chi connectivity index (χ0v) is 12.9. The summed E-state index contributed by atoms with van der Waals surface area (Å²) >= 11 is 0. The van der Waals surface area contributed by atoms with Crippen molar-refractivity contribution in [1.82, 2.24) is 9.88 Å². The predicted octanol–water partition coefficient (Wildman–Crippen LogP) is 2.27. The van der Waals surface area contributed by atoms with Crippen LogP contribution in [0, 0.1) is 6.92 Å². The van der Waals surface area contributed by atoms with Crippen molar-refractivity contribution >= 4 is 23.4 Å². The number of anilines is 2. The van der Waals surface area contributed by atoms with Gasteiger partial charge in [0.25, 0.3) is 0 Å². The molecular formula is C17H18N4O2. The van der Waals surface area contributed by atoms with Crippen molar-refractivity contribution in [2.24, 2.45) is 0 Å². The molecule has 23 heavy (non-hydrogen) atoms. The number of aryl methyl sites for hydroxylation is 1. The highest BCUT2D eigenvalue weighted by Gasteiger charge is 2.30. The summed E-state index contributed by atoms with van der Waals surface area (Å²) in [6.45, 7) is 3.00. The van der Waals surface area contributed by atoms with Crippen LogP contribution < -0.4 is 10.2 Å². The average molecular weight is 310 g/mol. The summed E-state index contributed by atoms with van der Waals surface area (Å²) in [5, 5.41) is 2.72.